The van der Waals surface area contributed by atoms with Gasteiger partial charge in [0.05, 0.1) is 0 Å². The van der Waals surface area contributed by atoms with Crippen LogP contribution in [0, 0.1) is 12.8 Å². The van der Waals surface area contributed by atoms with E-state index in [0.29, 0.717) is 12.3 Å². The topological polar surface area (TPSA) is 20.3 Å². The zero-order chi connectivity index (χ0) is 14.3. The minimum Gasteiger partial charge on any atom is -0.303 e. The first kappa shape index (κ1) is 15.9. The molecule has 0 radical (unpaired) electrons. The maximum absolute atomic E-state index is 12.2. The molecule has 0 amide bonds. The van der Waals surface area contributed by atoms with Crippen LogP contribution in [0.2, 0.25) is 0 Å². The quantitative estimate of drug-likeness (QED) is 0.661. The van der Waals surface area contributed by atoms with Crippen LogP contribution in [-0.2, 0) is 0 Å². The highest BCUT2D eigenvalue weighted by atomic mass is 16.1. The molecule has 1 unspecified atom stereocenters. The predicted molar refractivity (Wildman–Crippen MR) is 81.7 cm³/mol. The Balaban J connectivity index is 2.51. The molecule has 0 N–H and O–H groups in total. The highest BCUT2D eigenvalue weighted by molar-refractivity contribution is 5.97. The zero-order valence-corrected chi connectivity index (χ0v) is 12.8. The van der Waals surface area contributed by atoms with Gasteiger partial charge in [0.2, 0.25) is 0 Å². The van der Waals surface area contributed by atoms with Crippen molar-refractivity contribution >= 4 is 5.78 Å². The van der Waals surface area contributed by atoms with Gasteiger partial charge in [-0.15, -0.1) is 0 Å². The van der Waals surface area contributed by atoms with E-state index in [1.807, 2.05) is 31.2 Å². The highest BCUT2D eigenvalue weighted by Crippen LogP contribution is 2.11. The van der Waals surface area contributed by atoms with Crippen LogP contribution in [0.3, 0.4) is 0 Å². The van der Waals surface area contributed by atoms with Gasteiger partial charge in [-0.05, 0) is 24.9 Å². The van der Waals surface area contributed by atoms with Crippen LogP contribution >= 0.6 is 0 Å². The van der Waals surface area contributed by atoms with E-state index in [9.17, 15) is 4.79 Å². The molecule has 0 saturated heterocycles. The molecule has 1 aromatic carbocycles. The Morgan fingerprint density at radius 3 is 2.53 bits per heavy atom. The minimum atomic E-state index is 0.265. The van der Waals surface area contributed by atoms with Crippen molar-refractivity contribution in [1.82, 2.24) is 4.90 Å². The van der Waals surface area contributed by atoms with Crippen molar-refractivity contribution in [3.63, 3.8) is 0 Å². The van der Waals surface area contributed by atoms with Gasteiger partial charge < -0.3 is 4.90 Å². The van der Waals surface area contributed by atoms with E-state index in [0.717, 1.165) is 30.8 Å². The third kappa shape index (κ3) is 5.15. The molecular formula is C17H27NO. The molecule has 1 aromatic rings. The Morgan fingerprint density at radius 2 is 1.95 bits per heavy atom. The van der Waals surface area contributed by atoms with Crippen LogP contribution in [0.25, 0.3) is 0 Å². The van der Waals surface area contributed by atoms with Crippen molar-refractivity contribution in [2.75, 3.05) is 19.6 Å². The van der Waals surface area contributed by atoms with Crippen molar-refractivity contribution in [1.29, 1.82) is 0 Å². The van der Waals surface area contributed by atoms with Gasteiger partial charge in [-0.2, -0.15) is 0 Å². The largest absolute Gasteiger partial charge is 0.303 e. The summed E-state index contributed by atoms with van der Waals surface area (Å²) in [6, 6.07) is 7.86. The van der Waals surface area contributed by atoms with Gasteiger partial charge >= 0.3 is 0 Å². The minimum absolute atomic E-state index is 0.265. The Hall–Kier alpha value is -1.15. The summed E-state index contributed by atoms with van der Waals surface area (Å²) in [5.74, 6) is 0.967. The molecule has 2 nitrogen and oxygen atoms in total. The molecule has 0 aliphatic heterocycles. The van der Waals surface area contributed by atoms with Crippen LogP contribution in [0.5, 0.6) is 0 Å². The molecule has 19 heavy (non-hydrogen) atoms. The maximum Gasteiger partial charge on any atom is 0.164 e. The first-order valence-electron chi connectivity index (χ1n) is 7.39. The fourth-order valence-electron chi connectivity index (χ4n) is 2.23. The van der Waals surface area contributed by atoms with Gasteiger partial charge in [0.15, 0.2) is 5.78 Å². The van der Waals surface area contributed by atoms with Gasteiger partial charge in [0.1, 0.15) is 0 Å². The Labute approximate surface area is 117 Å². The molecule has 0 saturated carbocycles. The van der Waals surface area contributed by atoms with Crippen LogP contribution in [0.1, 0.15) is 49.5 Å². The summed E-state index contributed by atoms with van der Waals surface area (Å²) in [6.45, 7) is 11.6. The summed E-state index contributed by atoms with van der Waals surface area (Å²) < 4.78 is 0. The van der Waals surface area contributed by atoms with Gasteiger partial charge in [0.25, 0.3) is 0 Å². The van der Waals surface area contributed by atoms with Gasteiger partial charge in [-0.1, -0.05) is 51.5 Å². The number of Topliss-reactive ketones (excluding diaryl/α,β-unsaturated/α-hetero) is 1. The molecule has 0 bridgehead atoms. The van der Waals surface area contributed by atoms with E-state index >= 15 is 0 Å². The van der Waals surface area contributed by atoms with Crippen molar-refractivity contribution in [3.8, 4) is 0 Å². The number of hydrogen-bond acceptors (Lipinski definition) is 2. The molecule has 1 atom stereocenters. The molecule has 0 aliphatic rings. The van der Waals surface area contributed by atoms with E-state index in [1.54, 1.807) is 0 Å². The van der Waals surface area contributed by atoms with E-state index in [-0.39, 0.29) is 5.78 Å². The van der Waals surface area contributed by atoms with Crippen molar-refractivity contribution in [2.45, 2.75) is 40.5 Å². The maximum atomic E-state index is 12.2. The predicted octanol–water partition coefficient (Wildman–Crippen LogP) is 3.94. The van der Waals surface area contributed by atoms with Crippen molar-refractivity contribution in [3.05, 3.63) is 35.4 Å². The number of hydrogen-bond donors (Lipinski definition) is 0. The first-order chi connectivity index (χ1) is 9.08. The zero-order valence-electron chi connectivity index (χ0n) is 12.8. The standard InChI is InChI=1S/C17H27NO/c1-5-14(3)13-18(6-2)12-11-17(19)16-10-8-7-9-15(16)4/h7-10,14H,5-6,11-13H2,1-4H3. The summed E-state index contributed by atoms with van der Waals surface area (Å²) in [7, 11) is 0. The van der Waals surface area contributed by atoms with Crippen molar-refractivity contribution < 1.29 is 4.79 Å². The molecule has 0 aromatic heterocycles. The second kappa shape index (κ2) is 8.11. The Bertz CT molecular complexity index is 400. The van der Waals surface area contributed by atoms with Crippen molar-refractivity contribution in [2.24, 2.45) is 5.92 Å². The van der Waals surface area contributed by atoms with Gasteiger partial charge in [-0.25, -0.2) is 0 Å². The lowest BCUT2D eigenvalue weighted by atomic mass is 10.0. The Morgan fingerprint density at radius 1 is 1.26 bits per heavy atom. The van der Waals surface area contributed by atoms with E-state index < -0.39 is 0 Å². The number of carbonyl (C=O) groups is 1. The van der Waals surface area contributed by atoms with Crippen LogP contribution in [0.15, 0.2) is 24.3 Å². The summed E-state index contributed by atoms with van der Waals surface area (Å²) in [6.07, 6.45) is 1.82. The second-order valence-corrected chi connectivity index (χ2v) is 5.39. The van der Waals surface area contributed by atoms with Gasteiger partial charge in [-0.3, -0.25) is 4.79 Å². The lowest BCUT2D eigenvalue weighted by molar-refractivity contribution is 0.0961. The SMILES string of the molecule is CCC(C)CN(CC)CCC(=O)c1ccccc1C. The molecule has 0 heterocycles. The Kier molecular flexibility index (Phi) is 6.79. The molecule has 0 spiro atoms. The molecular weight excluding hydrogens is 234 g/mol. The third-order valence-electron chi connectivity index (χ3n) is 3.81. The van der Waals surface area contributed by atoms with E-state index in [2.05, 4.69) is 25.7 Å². The summed E-state index contributed by atoms with van der Waals surface area (Å²) >= 11 is 0. The number of rotatable bonds is 8. The molecule has 1 rings (SSSR count). The number of carbonyl (C=O) groups excluding carboxylic acids is 1. The molecule has 106 valence electrons. The lowest BCUT2D eigenvalue weighted by Gasteiger charge is -2.23. The molecule has 2 heteroatoms. The summed E-state index contributed by atoms with van der Waals surface area (Å²) in [4.78, 5) is 14.6. The third-order valence-corrected chi connectivity index (χ3v) is 3.81. The second-order valence-electron chi connectivity index (χ2n) is 5.39. The van der Waals surface area contributed by atoms with E-state index in [4.69, 9.17) is 0 Å². The van der Waals surface area contributed by atoms with Crippen LogP contribution in [-0.4, -0.2) is 30.3 Å². The smallest absolute Gasteiger partial charge is 0.164 e. The fourth-order valence-corrected chi connectivity index (χ4v) is 2.23. The number of benzene rings is 1. The number of aryl methyl sites for hydroxylation is 1. The fraction of sp³-hybridized carbons (Fsp3) is 0.588. The van der Waals surface area contributed by atoms with Gasteiger partial charge in [0, 0.05) is 25.1 Å². The monoisotopic (exact) mass is 261 g/mol. The molecule has 0 fully saturated rings. The first-order valence-corrected chi connectivity index (χ1v) is 7.39. The lowest BCUT2D eigenvalue weighted by Crippen LogP contribution is -2.30. The summed E-state index contributed by atoms with van der Waals surface area (Å²) in [5.41, 5.74) is 1.96. The normalized spacial score (nSPS) is 12.7. The molecule has 0 aliphatic carbocycles. The highest BCUT2D eigenvalue weighted by Gasteiger charge is 2.12. The number of ketones is 1. The average Bonchev–Trinajstić information content (AvgIpc) is 2.43. The number of nitrogens with zero attached hydrogens (tertiary/aromatic N) is 1. The summed E-state index contributed by atoms with van der Waals surface area (Å²) in [5, 5.41) is 0. The van der Waals surface area contributed by atoms with E-state index in [1.165, 1.54) is 6.42 Å². The van der Waals surface area contributed by atoms with Crippen LogP contribution in [0.4, 0.5) is 0 Å². The average molecular weight is 261 g/mol. The van der Waals surface area contributed by atoms with Crippen LogP contribution < -0.4 is 0 Å².